The van der Waals surface area contributed by atoms with Gasteiger partial charge in [0.05, 0.1) is 33.8 Å². The van der Waals surface area contributed by atoms with Crippen molar-refractivity contribution in [2.24, 2.45) is 0 Å². The van der Waals surface area contributed by atoms with E-state index in [2.05, 4.69) is 148 Å². The van der Waals surface area contributed by atoms with Gasteiger partial charge in [-0.2, -0.15) is 0 Å². The number of likely N-dealkylation sites (N-methyl/N-ethyl adjacent to an activating group) is 1. The van der Waals surface area contributed by atoms with Crippen LogP contribution in [-0.4, -0.2) is 69.4 Å². The summed E-state index contributed by atoms with van der Waals surface area (Å²) in [7, 11) is 1.14. The summed E-state index contributed by atoms with van der Waals surface area (Å²) in [6.07, 6.45) is 84.2. The predicted octanol–water partition coefficient (Wildman–Crippen LogP) is 19.8. The summed E-state index contributed by atoms with van der Waals surface area (Å²) in [6, 6.07) is -0.913. The van der Waals surface area contributed by atoms with E-state index in [9.17, 15) is 19.0 Å². The molecule has 0 aromatic heterocycles. The molecule has 0 rings (SSSR count). The van der Waals surface area contributed by atoms with Crippen LogP contribution in [0.15, 0.2) is 134 Å². The van der Waals surface area contributed by atoms with E-state index in [0.29, 0.717) is 23.9 Å². The average Bonchev–Trinajstić information content (AvgIpc) is 3.43. The monoisotopic (exact) mass is 1140 g/mol. The maximum Gasteiger partial charge on any atom is 0.306 e. The lowest BCUT2D eigenvalue weighted by molar-refractivity contribution is -0.870. The summed E-state index contributed by atoms with van der Waals surface area (Å²) in [5, 5.41) is 3.02. The molecule has 0 saturated carbocycles. The van der Waals surface area contributed by atoms with E-state index in [1.54, 1.807) is 0 Å². The number of carbonyl (C=O) groups is 2. The molecule has 0 aromatic carbocycles. The number of phosphoric ester groups is 1. The number of ether oxygens (including phenoxy) is 1. The Hall–Kier alpha value is -3.85. The van der Waals surface area contributed by atoms with Crippen molar-refractivity contribution >= 4 is 19.7 Å². The normalized spacial score (nSPS) is 14.5. The zero-order chi connectivity index (χ0) is 59.3. The van der Waals surface area contributed by atoms with Crippen molar-refractivity contribution in [3.05, 3.63) is 134 Å². The Kier molecular flexibility index (Phi) is 56.5. The number of unbranched alkanes of at least 4 members (excludes halogenated alkanes) is 21. The first-order chi connectivity index (χ1) is 39.4. The third-order valence-electron chi connectivity index (χ3n) is 13.6. The van der Waals surface area contributed by atoms with Crippen LogP contribution in [0.3, 0.4) is 0 Å². The fourth-order valence-corrected chi connectivity index (χ4v) is 9.36. The molecule has 0 spiro atoms. The quantitative estimate of drug-likeness (QED) is 0.0212. The van der Waals surface area contributed by atoms with Crippen LogP contribution in [-0.2, 0) is 27.9 Å². The number of hydrogen-bond acceptors (Lipinski definition) is 7. The molecule has 0 aliphatic heterocycles. The summed E-state index contributed by atoms with van der Waals surface area (Å²) in [5.41, 5.74) is 0. The van der Waals surface area contributed by atoms with Crippen molar-refractivity contribution in [3.63, 3.8) is 0 Å². The fourth-order valence-electron chi connectivity index (χ4n) is 8.63. The van der Waals surface area contributed by atoms with Gasteiger partial charge in [0.1, 0.15) is 19.3 Å². The molecule has 0 aliphatic rings. The van der Waals surface area contributed by atoms with Gasteiger partial charge >= 0.3 is 5.97 Å². The summed E-state index contributed by atoms with van der Waals surface area (Å²) in [5.74, 6) is -0.585. The number of hydrogen-bond donors (Lipinski definition) is 1. The van der Waals surface area contributed by atoms with Crippen LogP contribution in [0.1, 0.15) is 252 Å². The van der Waals surface area contributed by atoms with Crippen LogP contribution >= 0.6 is 7.82 Å². The van der Waals surface area contributed by atoms with E-state index < -0.39 is 26.6 Å². The number of amides is 1. The lowest BCUT2D eigenvalue weighted by atomic mass is 10.1. The van der Waals surface area contributed by atoms with E-state index in [1.165, 1.54) is 64.2 Å². The number of esters is 1. The maximum atomic E-state index is 13.6. The van der Waals surface area contributed by atoms with Gasteiger partial charge in [0.25, 0.3) is 7.82 Å². The smallest absolute Gasteiger partial charge is 0.306 e. The minimum Gasteiger partial charge on any atom is -0.756 e. The van der Waals surface area contributed by atoms with Gasteiger partial charge in [-0.3, -0.25) is 14.2 Å². The number of phosphoric acid groups is 1. The van der Waals surface area contributed by atoms with Crippen LogP contribution in [0, 0.1) is 0 Å². The summed E-state index contributed by atoms with van der Waals surface area (Å²) >= 11 is 0. The zero-order valence-corrected chi connectivity index (χ0v) is 53.6. The van der Waals surface area contributed by atoms with Gasteiger partial charge in [-0.25, -0.2) is 0 Å². The Morgan fingerprint density at radius 2 is 0.790 bits per heavy atom. The minimum absolute atomic E-state index is 0.0357. The molecule has 0 fully saturated rings. The third kappa shape index (κ3) is 60.6. The number of nitrogens with zero attached hydrogens (tertiary/aromatic N) is 1. The second kappa shape index (κ2) is 59.3. The Balaban J connectivity index is 5.23. The van der Waals surface area contributed by atoms with Gasteiger partial charge in [0.15, 0.2) is 0 Å². The van der Waals surface area contributed by atoms with Gasteiger partial charge in [-0.05, 0) is 122 Å². The van der Waals surface area contributed by atoms with Gasteiger partial charge in [0.2, 0.25) is 5.91 Å². The van der Waals surface area contributed by atoms with Crippen molar-refractivity contribution in [1.82, 2.24) is 5.32 Å². The highest BCUT2D eigenvalue weighted by Gasteiger charge is 2.27. The first-order valence-corrected chi connectivity index (χ1v) is 34.0. The van der Waals surface area contributed by atoms with E-state index in [4.69, 9.17) is 13.8 Å². The molecule has 1 amide bonds. The Bertz CT molecular complexity index is 1850. The van der Waals surface area contributed by atoms with Crippen LogP contribution < -0.4 is 10.2 Å². The molecular formula is C71H121N2O7P. The molecule has 462 valence electrons. The van der Waals surface area contributed by atoms with Crippen molar-refractivity contribution in [1.29, 1.82) is 0 Å². The van der Waals surface area contributed by atoms with Crippen LogP contribution in [0.4, 0.5) is 0 Å². The summed E-state index contributed by atoms with van der Waals surface area (Å²) in [6.45, 7) is 6.57. The molecule has 1 N–H and O–H groups in total. The number of rotatable bonds is 57. The maximum absolute atomic E-state index is 13.6. The number of carbonyl (C=O) groups excluding carboxylic acids is 2. The van der Waals surface area contributed by atoms with Gasteiger partial charge in [-0.1, -0.05) is 251 Å². The molecule has 0 saturated heterocycles. The van der Waals surface area contributed by atoms with Crippen LogP contribution in [0.5, 0.6) is 0 Å². The number of nitrogens with one attached hydrogen (secondary N) is 1. The second-order valence-electron chi connectivity index (χ2n) is 22.5. The molecule has 0 radical (unpaired) electrons. The van der Waals surface area contributed by atoms with E-state index in [0.717, 1.165) is 148 Å². The lowest BCUT2D eigenvalue weighted by Gasteiger charge is -2.30. The van der Waals surface area contributed by atoms with E-state index in [1.807, 2.05) is 33.3 Å². The van der Waals surface area contributed by atoms with Crippen molar-refractivity contribution in [2.45, 2.75) is 264 Å². The van der Waals surface area contributed by atoms with Crippen molar-refractivity contribution in [2.75, 3.05) is 40.9 Å². The van der Waals surface area contributed by atoms with Crippen LogP contribution in [0.2, 0.25) is 0 Å². The van der Waals surface area contributed by atoms with Gasteiger partial charge in [0, 0.05) is 12.8 Å². The second-order valence-corrected chi connectivity index (χ2v) is 23.9. The Labute approximate surface area is 498 Å². The molecule has 10 heteroatoms. The number of quaternary nitrogens is 1. The topological polar surface area (TPSA) is 114 Å². The molecule has 0 heterocycles. The highest BCUT2D eigenvalue weighted by molar-refractivity contribution is 7.45. The van der Waals surface area contributed by atoms with Crippen LogP contribution in [0.25, 0.3) is 0 Å². The highest BCUT2D eigenvalue weighted by atomic mass is 31.2. The largest absolute Gasteiger partial charge is 0.756 e. The average molecular weight is 1150 g/mol. The van der Waals surface area contributed by atoms with Gasteiger partial charge < -0.3 is 28.5 Å². The standard InChI is InChI=1S/C71H121N2O7P/c1-7-10-13-16-19-22-25-27-29-31-33-35-36-38-39-41-43-45-48-51-54-57-60-63-70(74)72-68(67-79-81(76,77)78-66-65-73(4,5)6)69(62-59-56-53-50-47-24-21-18-15-12-9-3)80-71(75)64-61-58-55-52-49-46-44-42-40-37-34-32-30-28-26-23-20-17-14-11-8-2/h10-11,13-14,19-20,22-23,27-30,33-35,37-39,42,44,59,62,68-69H,7-9,12,15-18,21,24-26,31-32,36,40-41,43,45-58,60-61,63-67H2,1-6H3,(H-,72,74,76,77)/b13-10-,14-11-,22-19-,23-20-,29-27-,30-28-,35-33-,37-34-,39-38-,44-42-,62-59+. The molecular weight excluding hydrogens is 1020 g/mol. The Morgan fingerprint density at radius 3 is 1.19 bits per heavy atom. The molecule has 0 aromatic rings. The summed E-state index contributed by atoms with van der Waals surface area (Å²) < 4.78 is 30.3. The first kappa shape index (κ1) is 77.2. The molecule has 0 aliphatic carbocycles. The third-order valence-corrected chi connectivity index (χ3v) is 14.5. The molecule has 3 unspecified atom stereocenters. The SMILES string of the molecule is CC/C=C\C/C=C\C/C=C\C/C=C\C/C=C\CCCCCCCCCC(=O)NC(COP(=O)([O-])OCC[N+](C)(C)C)C(/C=C/CCCCCCCCCCC)OC(=O)CCCCCCC/C=C\C/C=C\C/C=C\C/C=C\C/C=C\CC. The predicted molar refractivity (Wildman–Crippen MR) is 348 cm³/mol. The fraction of sp³-hybridized carbons (Fsp3) is 0.662. The molecule has 9 nitrogen and oxygen atoms in total. The van der Waals surface area contributed by atoms with Crippen molar-refractivity contribution < 1.29 is 37.3 Å². The molecule has 81 heavy (non-hydrogen) atoms. The molecule has 0 bridgehead atoms. The molecule has 3 atom stereocenters. The lowest BCUT2D eigenvalue weighted by Crippen LogP contribution is -2.47. The highest BCUT2D eigenvalue weighted by Crippen LogP contribution is 2.38. The zero-order valence-electron chi connectivity index (χ0n) is 52.7. The minimum atomic E-state index is -4.72. The number of allylic oxidation sites excluding steroid dienone is 21. The van der Waals surface area contributed by atoms with Crippen molar-refractivity contribution in [3.8, 4) is 0 Å². The summed E-state index contributed by atoms with van der Waals surface area (Å²) in [4.78, 5) is 40.1. The first-order valence-electron chi connectivity index (χ1n) is 32.5. The van der Waals surface area contributed by atoms with E-state index >= 15 is 0 Å². The Morgan fingerprint density at radius 1 is 0.444 bits per heavy atom. The van der Waals surface area contributed by atoms with Gasteiger partial charge in [-0.15, -0.1) is 0 Å². The van der Waals surface area contributed by atoms with E-state index in [-0.39, 0.29) is 24.9 Å².